The van der Waals surface area contributed by atoms with E-state index in [4.69, 9.17) is 16.0 Å². The highest BCUT2D eigenvalue weighted by Gasteiger charge is 2.15. The largest absolute Gasteiger partial charge is 0.352 e. The molecule has 0 spiro atoms. The lowest BCUT2D eigenvalue weighted by atomic mass is 10.1. The maximum atomic E-state index is 11.8. The number of amides is 1. The molecule has 1 unspecified atom stereocenters. The van der Waals surface area contributed by atoms with E-state index in [-0.39, 0.29) is 11.9 Å². The maximum absolute atomic E-state index is 11.8. The van der Waals surface area contributed by atoms with Gasteiger partial charge in [0.25, 0.3) is 10.1 Å². The monoisotopic (exact) mass is 345 g/mol. The van der Waals surface area contributed by atoms with E-state index in [1.165, 1.54) is 5.56 Å². The number of nitrogens with two attached hydrogens (primary N) is 2. The Bertz CT molecular complexity index is 541. The number of carbonyl (C=O) groups excluding carboxylic acids is 1. The van der Waals surface area contributed by atoms with E-state index in [1.54, 1.807) is 0 Å². The molecule has 1 aromatic carbocycles. The Morgan fingerprint density at radius 2 is 1.83 bits per heavy atom. The van der Waals surface area contributed by atoms with E-state index in [0.717, 1.165) is 12.8 Å². The second kappa shape index (κ2) is 11.1. The Morgan fingerprint density at radius 3 is 2.30 bits per heavy atom. The van der Waals surface area contributed by atoms with Gasteiger partial charge in [-0.2, -0.15) is 8.42 Å². The second-order valence-electron chi connectivity index (χ2n) is 5.37. The zero-order valence-corrected chi connectivity index (χ0v) is 14.4. The van der Waals surface area contributed by atoms with Gasteiger partial charge in [-0.15, -0.1) is 0 Å². The first-order valence-electron chi connectivity index (χ1n) is 7.36. The summed E-state index contributed by atoms with van der Waals surface area (Å²) in [7, 11) is -3.67. The van der Waals surface area contributed by atoms with Crippen LogP contribution in [-0.4, -0.2) is 43.8 Å². The molecule has 8 heteroatoms. The van der Waals surface area contributed by atoms with Gasteiger partial charge in [0.05, 0.1) is 12.3 Å². The predicted octanol–water partition coefficient (Wildman–Crippen LogP) is 0.304. The van der Waals surface area contributed by atoms with Crippen molar-refractivity contribution < 1.29 is 17.8 Å². The molecule has 0 bridgehead atoms. The third-order valence-electron chi connectivity index (χ3n) is 2.83. The first kappa shape index (κ1) is 21.5. The molecule has 132 valence electrons. The minimum absolute atomic E-state index is 0.0869. The fraction of sp³-hybridized carbons (Fsp3) is 0.533. The van der Waals surface area contributed by atoms with Crippen LogP contribution in [-0.2, 0) is 21.3 Å². The first-order chi connectivity index (χ1) is 10.6. The average molecular weight is 345 g/mol. The van der Waals surface area contributed by atoms with Gasteiger partial charge in [0.15, 0.2) is 0 Å². The van der Waals surface area contributed by atoms with Crippen molar-refractivity contribution in [3.63, 3.8) is 0 Å². The highest BCUT2D eigenvalue weighted by atomic mass is 32.2. The molecular weight excluding hydrogens is 318 g/mol. The van der Waals surface area contributed by atoms with Gasteiger partial charge in [-0.3, -0.25) is 9.35 Å². The summed E-state index contributed by atoms with van der Waals surface area (Å²) in [6.45, 7) is 2.56. The van der Waals surface area contributed by atoms with Crippen LogP contribution in [0.5, 0.6) is 0 Å². The molecular formula is C15H27N3O4S. The van der Waals surface area contributed by atoms with Crippen LogP contribution < -0.4 is 16.8 Å². The van der Waals surface area contributed by atoms with E-state index >= 15 is 0 Å². The zero-order valence-electron chi connectivity index (χ0n) is 13.6. The molecule has 0 aromatic heterocycles. The van der Waals surface area contributed by atoms with Crippen molar-refractivity contribution >= 4 is 16.0 Å². The predicted molar refractivity (Wildman–Crippen MR) is 91.5 cm³/mol. The van der Waals surface area contributed by atoms with Crippen LogP contribution in [0.1, 0.15) is 25.3 Å². The number of carbonyl (C=O) groups is 1. The minimum Gasteiger partial charge on any atom is -0.352 e. The Labute approximate surface area is 138 Å². The quantitative estimate of drug-likeness (QED) is 0.525. The Hall–Kier alpha value is -1.48. The van der Waals surface area contributed by atoms with Crippen molar-refractivity contribution in [2.75, 3.05) is 12.8 Å². The summed E-state index contributed by atoms with van der Waals surface area (Å²) >= 11 is 0. The van der Waals surface area contributed by atoms with Crippen LogP contribution in [0.3, 0.4) is 0 Å². The van der Waals surface area contributed by atoms with Gasteiger partial charge in [0.1, 0.15) is 0 Å². The van der Waals surface area contributed by atoms with Crippen molar-refractivity contribution in [3.05, 3.63) is 35.9 Å². The Balaban J connectivity index is 0.000000841. The molecule has 0 fully saturated rings. The normalized spacial score (nSPS) is 13.4. The third-order valence-corrected chi connectivity index (χ3v) is 2.83. The molecule has 1 rings (SSSR count). The maximum Gasteiger partial charge on any atom is 0.261 e. The molecule has 0 aliphatic rings. The molecule has 2 atom stereocenters. The van der Waals surface area contributed by atoms with Crippen LogP contribution >= 0.6 is 0 Å². The summed E-state index contributed by atoms with van der Waals surface area (Å²) in [6, 6.07) is 9.72. The summed E-state index contributed by atoms with van der Waals surface area (Å²) in [4.78, 5) is 11.8. The third kappa shape index (κ3) is 13.9. The molecule has 0 aliphatic heterocycles. The summed E-state index contributed by atoms with van der Waals surface area (Å²) in [5.74, 6) is -0.0909. The van der Waals surface area contributed by atoms with Gasteiger partial charge in [-0.25, -0.2) is 0 Å². The summed E-state index contributed by atoms with van der Waals surface area (Å²) in [5, 5.41) is 2.93. The van der Waals surface area contributed by atoms with Gasteiger partial charge < -0.3 is 16.8 Å². The van der Waals surface area contributed by atoms with Crippen molar-refractivity contribution in [2.45, 2.75) is 38.3 Å². The Morgan fingerprint density at radius 1 is 1.30 bits per heavy atom. The summed E-state index contributed by atoms with van der Waals surface area (Å²) in [5.41, 5.74) is 12.4. The minimum atomic E-state index is -3.67. The van der Waals surface area contributed by atoms with Crippen molar-refractivity contribution in [3.8, 4) is 0 Å². The van der Waals surface area contributed by atoms with E-state index in [1.807, 2.05) is 25.1 Å². The summed E-state index contributed by atoms with van der Waals surface area (Å²) < 4.78 is 25.9. The number of rotatable bonds is 7. The molecule has 0 radical (unpaired) electrons. The van der Waals surface area contributed by atoms with Crippen molar-refractivity contribution in [1.29, 1.82) is 0 Å². The van der Waals surface area contributed by atoms with Crippen LogP contribution in [0.25, 0.3) is 0 Å². The molecule has 0 saturated carbocycles. The molecule has 0 aliphatic carbocycles. The summed E-state index contributed by atoms with van der Waals surface area (Å²) in [6.07, 6.45) is 2.95. The smallest absolute Gasteiger partial charge is 0.261 e. The number of hydrogen-bond acceptors (Lipinski definition) is 5. The topological polar surface area (TPSA) is 136 Å². The molecule has 1 aromatic rings. The molecule has 7 nitrogen and oxygen atoms in total. The Kier molecular flexibility index (Phi) is 10.4. The average Bonchev–Trinajstić information content (AvgIpc) is 2.43. The van der Waals surface area contributed by atoms with Gasteiger partial charge in [0.2, 0.25) is 5.91 Å². The first-order valence-corrected chi connectivity index (χ1v) is 9.20. The number of benzene rings is 1. The highest BCUT2D eigenvalue weighted by molar-refractivity contribution is 7.85. The van der Waals surface area contributed by atoms with Gasteiger partial charge in [0, 0.05) is 6.04 Å². The standard InChI is InChI=1S/C14H23N3O.CH4O3S/c1-11(10-12-6-3-2-4-7-12)17-14(18)13(16)8-5-9-15;1-5(2,3)4/h2-4,6-7,11,13H,5,8-10,15-16H2,1H3,(H,17,18);1H3,(H,2,3,4)/t11-,13?;/m0./s1. The lowest BCUT2D eigenvalue weighted by Crippen LogP contribution is -2.45. The molecule has 6 N–H and O–H groups in total. The fourth-order valence-corrected chi connectivity index (χ4v) is 1.84. The van der Waals surface area contributed by atoms with Gasteiger partial charge in [-0.05, 0) is 38.3 Å². The SMILES string of the molecule is CS(=O)(=O)O.C[C@@H](Cc1ccccc1)NC(=O)C(N)CCCN. The lowest BCUT2D eigenvalue weighted by molar-refractivity contribution is -0.123. The van der Waals surface area contributed by atoms with E-state index in [0.29, 0.717) is 19.2 Å². The van der Waals surface area contributed by atoms with E-state index < -0.39 is 16.2 Å². The van der Waals surface area contributed by atoms with Gasteiger partial charge >= 0.3 is 0 Å². The van der Waals surface area contributed by atoms with Crippen molar-refractivity contribution in [1.82, 2.24) is 5.32 Å². The van der Waals surface area contributed by atoms with Crippen LogP contribution in [0, 0.1) is 0 Å². The number of nitrogens with one attached hydrogen (secondary N) is 1. The van der Waals surface area contributed by atoms with Crippen molar-refractivity contribution in [2.24, 2.45) is 11.5 Å². The van der Waals surface area contributed by atoms with E-state index in [9.17, 15) is 13.2 Å². The van der Waals surface area contributed by atoms with Crippen LogP contribution in [0.4, 0.5) is 0 Å². The van der Waals surface area contributed by atoms with Crippen LogP contribution in [0.2, 0.25) is 0 Å². The molecule has 0 heterocycles. The van der Waals surface area contributed by atoms with Crippen LogP contribution in [0.15, 0.2) is 30.3 Å². The molecule has 0 saturated heterocycles. The molecule has 23 heavy (non-hydrogen) atoms. The van der Waals surface area contributed by atoms with E-state index in [2.05, 4.69) is 17.4 Å². The highest BCUT2D eigenvalue weighted by Crippen LogP contribution is 2.03. The fourth-order valence-electron chi connectivity index (χ4n) is 1.84. The van der Waals surface area contributed by atoms with Gasteiger partial charge in [-0.1, -0.05) is 30.3 Å². The number of hydrogen-bond donors (Lipinski definition) is 4. The zero-order chi connectivity index (χ0) is 17.9. The molecule has 1 amide bonds. The lowest BCUT2D eigenvalue weighted by Gasteiger charge is -2.17. The second-order valence-corrected chi connectivity index (χ2v) is 6.84.